The Morgan fingerprint density at radius 1 is 1.00 bits per heavy atom. The van der Waals surface area contributed by atoms with Crippen molar-refractivity contribution in [1.29, 1.82) is 0 Å². The molecule has 6 nitrogen and oxygen atoms in total. The fourth-order valence-corrected chi connectivity index (χ4v) is 3.77. The molecule has 2 aromatic carbocycles. The molecule has 0 fully saturated rings. The van der Waals surface area contributed by atoms with Crippen LogP contribution in [0.2, 0.25) is 0 Å². The highest BCUT2D eigenvalue weighted by molar-refractivity contribution is 5.96. The molecule has 0 bridgehead atoms. The van der Waals surface area contributed by atoms with Gasteiger partial charge in [0.05, 0.1) is 17.1 Å². The second-order valence-corrected chi connectivity index (χ2v) is 7.78. The van der Waals surface area contributed by atoms with Gasteiger partial charge in [-0.1, -0.05) is 58.0 Å². The Kier molecular flexibility index (Phi) is 11.0. The highest BCUT2D eigenvalue weighted by Gasteiger charge is 2.24. The molecule has 2 aromatic heterocycles. The highest BCUT2D eigenvalue weighted by atomic mass is 19.1. The van der Waals surface area contributed by atoms with Crippen LogP contribution in [0.15, 0.2) is 71.8 Å². The van der Waals surface area contributed by atoms with Crippen molar-refractivity contribution in [2.45, 2.75) is 46.7 Å². The van der Waals surface area contributed by atoms with E-state index in [2.05, 4.69) is 63.8 Å². The molecule has 35 heavy (non-hydrogen) atoms. The zero-order chi connectivity index (χ0) is 25.8. The van der Waals surface area contributed by atoms with Crippen molar-refractivity contribution < 1.29 is 4.39 Å². The summed E-state index contributed by atoms with van der Waals surface area (Å²) in [7, 11) is 4.15. The number of aromatic nitrogens is 3. The van der Waals surface area contributed by atoms with Gasteiger partial charge in [-0.3, -0.25) is 9.78 Å². The summed E-state index contributed by atoms with van der Waals surface area (Å²) in [5, 5.41) is 10.9. The molecular formula is C28H36FN5O. The fourth-order valence-electron chi connectivity index (χ4n) is 3.77. The molecule has 1 atom stereocenters. The number of anilines is 1. The summed E-state index contributed by atoms with van der Waals surface area (Å²) in [6, 6.07) is 16.9. The van der Waals surface area contributed by atoms with Crippen LogP contribution in [0.3, 0.4) is 0 Å². The number of rotatable bonds is 3. The van der Waals surface area contributed by atoms with Gasteiger partial charge < -0.3 is 10.2 Å². The van der Waals surface area contributed by atoms with E-state index in [9.17, 15) is 9.18 Å². The van der Waals surface area contributed by atoms with Crippen molar-refractivity contribution in [3.05, 3.63) is 100.0 Å². The molecule has 1 aliphatic heterocycles. The topological polar surface area (TPSA) is 73.9 Å². The normalized spacial score (nSPS) is 13.3. The second-order valence-electron chi connectivity index (χ2n) is 7.78. The summed E-state index contributed by atoms with van der Waals surface area (Å²) in [4.78, 5) is 18.0. The maximum Gasteiger partial charge on any atom is 0.272 e. The minimum absolute atomic E-state index is 0.0242. The lowest BCUT2D eigenvalue weighted by Crippen LogP contribution is -2.23. The first-order chi connectivity index (χ1) is 17.0. The fraction of sp³-hybridized carbons (Fsp3) is 0.321. The maximum atomic E-state index is 13.7. The Bertz CT molecular complexity index is 1230. The van der Waals surface area contributed by atoms with Crippen LogP contribution in [-0.4, -0.2) is 34.2 Å². The SMILES string of the molecule is CC.CC.CN(C)Cc1ccccc1.O=c1[nH]nc2c3c(cc(F)cc13)NC(c1ccncc1)C2. The van der Waals surface area contributed by atoms with Gasteiger partial charge in [0.1, 0.15) is 5.82 Å². The van der Waals surface area contributed by atoms with E-state index in [1.807, 2.05) is 45.9 Å². The van der Waals surface area contributed by atoms with Gasteiger partial charge in [-0.15, -0.1) is 0 Å². The minimum Gasteiger partial charge on any atom is -0.377 e. The number of nitrogens with zero attached hydrogens (tertiary/aromatic N) is 3. The predicted octanol–water partition coefficient (Wildman–Crippen LogP) is 5.97. The predicted molar refractivity (Wildman–Crippen MR) is 143 cm³/mol. The van der Waals surface area contributed by atoms with Gasteiger partial charge in [0, 0.05) is 36.4 Å². The third kappa shape index (κ3) is 7.45. The maximum absolute atomic E-state index is 13.7. The lowest BCUT2D eigenvalue weighted by molar-refractivity contribution is 0.402. The number of hydrogen-bond donors (Lipinski definition) is 2. The van der Waals surface area contributed by atoms with Crippen LogP contribution in [0.4, 0.5) is 10.1 Å². The molecule has 7 heteroatoms. The summed E-state index contributed by atoms with van der Waals surface area (Å²) in [5.74, 6) is -0.442. The van der Waals surface area contributed by atoms with Crippen LogP contribution in [0.1, 0.15) is 50.6 Å². The Labute approximate surface area is 207 Å². The first kappa shape index (κ1) is 27.7. The van der Waals surface area contributed by atoms with E-state index in [4.69, 9.17) is 0 Å². The van der Waals surface area contributed by atoms with Crippen LogP contribution in [0.25, 0.3) is 10.8 Å². The zero-order valence-electron chi connectivity index (χ0n) is 21.5. The molecule has 5 rings (SSSR count). The molecule has 3 heterocycles. The molecule has 0 saturated heterocycles. The first-order valence-corrected chi connectivity index (χ1v) is 12.1. The number of H-pyrrole nitrogens is 1. The van der Waals surface area contributed by atoms with Gasteiger partial charge in [-0.25, -0.2) is 9.49 Å². The third-order valence-electron chi connectivity index (χ3n) is 5.11. The Morgan fingerprint density at radius 2 is 1.66 bits per heavy atom. The van der Waals surface area contributed by atoms with Gasteiger partial charge in [0.25, 0.3) is 5.56 Å². The largest absolute Gasteiger partial charge is 0.377 e. The van der Waals surface area contributed by atoms with Gasteiger partial charge >= 0.3 is 0 Å². The van der Waals surface area contributed by atoms with Crippen molar-refractivity contribution in [2.75, 3.05) is 19.4 Å². The summed E-state index contributed by atoms with van der Waals surface area (Å²) in [5.41, 5.74) is 3.40. The molecule has 4 aromatic rings. The monoisotopic (exact) mass is 477 g/mol. The van der Waals surface area contributed by atoms with E-state index in [1.165, 1.54) is 17.7 Å². The Morgan fingerprint density at radius 3 is 2.29 bits per heavy atom. The molecule has 0 saturated carbocycles. The average Bonchev–Trinajstić information content (AvgIpc) is 2.89. The van der Waals surface area contributed by atoms with Crippen molar-refractivity contribution >= 4 is 16.5 Å². The van der Waals surface area contributed by atoms with Gasteiger partial charge in [-0.05, 0) is 49.5 Å². The summed E-state index contributed by atoms with van der Waals surface area (Å²) < 4.78 is 13.7. The van der Waals surface area contributed by atoms with Crippen LogP contribution in [0.5, 0.6) is 0 Å². The molecular weight excluding hydrogens is 441 g/mol. The van der Waals surface area contributed by atoms with Crippen molar-refractivity contribution in [1.82, 2.24) is 20.1 Å². The van der Waals surface area contributed by atoms with E-state index in [1.54, 1.807) is 12.4 Å². The number of nitrogens with one attached hydrogen (secondary N) is 2. The van der Waals surface area contributed by atoms with E-state index < -0.39 is 5.82 Å². The number of pyridine rings is 1. The van der Waals surface area contributed by atoms with Crippen LogP contribution in [0, 0.1) is 5.82 Å². The van der Waals surface area contributed by atoms with Gasteiger partial charge in [-0.2, -0.15) is 5.10 Å². The van der Waals surface area contributed by atoms with Crippen molar-refractivity contribution in [3.63, 3.8) is 0 Å². The molecule has 0 aliphatic carbocycles. The number of aromatic amines is 1. The molecule has 2 N–H and O–H groups in total. The van der Waals surface area contributed by atoms with Gasteiger partial charge in [0.15, 0.2) is 0 Å². The smallest absolute Gasteiger partial charge is 0.272 e. The Balaban J connectivity index is 0.000000261. The number of hydrogen-bond acceptors (Lipinski definition) is 5. The molecule has 186 valence electrons. The first-order valence-electron chi connectivity index (χ1n) is 12.1. The number of halogens is 1. The standard InChI is InChI=1S/C15H11FN4O.C9H13N.2C2H6/c16-9-5-10-14-12(6-9)18-11(8-1-3-17-4-2-8)7-13(14)19-20-15(10)21;1-10(2)8-9-6-4-3-5-7-9;2*1-2/h1-6,11,18H,7H2,(H,20,21);3-7H,8H2,1-2H3;2*1-2H3. The van der Waals surface area contributed by atoms with E-state index >= 15 is 0 Å². The molecule has 1 aliphatic rings. The van der Waals surface area contributed by atoms with Crippen LogP contribution in [-0.2, 0) is 13.0 Å². The lowest BCUT2D eigenvalue weighted by Gasteiger charge is -2.26. The van der Waals surface area contributed by atoms with Crippen LogP contribution >= 0.6 is 0 Å². The van der Waals surface area contributed by atoms with E-state index in [-0.39, 0.29) is 11.6 Å². The molecule has 1 unspecified atom stereocenters. The highest BCUT2D eigenvalue weighted by Crippen LogP contribution is 2.35. The van der Waals surface area contributed by atoms with Crippen molar-refractivity contribution in [2.24, 2.45) is 0 Å². The average molecular weight is 478 g/mol. The third-order valence-corrected chi connectivity index (χ3v) is 5.11. The van der Waals surface area contributed by atoms with Gasteiger partial charge in [0.2, 0.25) is 0 Å². The molecule has 0 radical (unpaired) electrons. The minimum atomic E-state index is -0.442. The second kappa shape index (κ2) is 14.0. The quantitative estimate of drug-likeness (QED) is 0.380. The summed E-state index contributed by atoms with van der Waals surface area (Å²) in [6.07, 6.45) is 4.05. The zero-order valence-corrected chi connectivity index (χ0v) is 21.5. The Hall–Kier alpha value is -3.58. The van der Waals surface area contributed by atoms with Crippen molar-refractivity contribution in [3.8, 4) is 0 Å². The number of benzene rings is 2. The molecule has 0 spiro atoms. The van der Waals surface area contributed by atoms with E-state index in [0.717, 1.165) is 17.8 Å². The summed E-state index contributed by atoms with van der Waals surface area (Å²) >= 11 is 0. The van der Waals surface area contributed by atoms with E-state index in [0.29, 0.717) is 22.9 Å². The summed E-state index contributed by atoms with van der Waals surface area (Å²) in [6.45, 7) is 9.03. The molecule has 0 amide bonds. The van der Waals surface area contributed by atoms with Crippen LogP contribution < -0.4 is 10.9 Å². The lowest BCUT2D eigenvalue weighted by atomic mass is 9.94.